The van der Waals surface area contributed by atoms with Crippen molar-refractivity contribution < 1.29 is 19.1 Å². The van der Waals surface area contributed by atoms with Crippen LogP contribution in [0.15, 0.2) is 30.3 Å². The van der Waals surface area contributed by atoms with E-state index in [0.717, 1.165) is 18.4 Å². The third-order valence-corrected chi connectivity index (χ3v) is 4.71. The molecule has 164 valence electrons. The maximum absolute atomic E-state index is 12.3. The summed E-state index contributed by atoms with van der Waals surface area (Å²) in [5, 5.41) is 5.60. The van der Waals surface area contributed by atoms with Gasteiger partial charge in [-0.15, -0.1) is 0 Å². The predicted molar refractivity (Wildman–Crippen MR) is 117 cm³/mol. The highest BCUT2D eigenvalue weighted by Gasteiger charge is 2.23. The Morgan fingerprint density at radius 1 is 1.13 bits per heavy atom. The average molecular weight is 416 g/mol. The quantitative estimate of drug-likeness (QED) is 0.699. The van der Waals surface area contributed by atoms with Gasteiger partial charge < -0.3 is 20.3 Å². The SMILES string of the molecule is Cc1ccc(/C=C/C(=O)NC2CCN(C(=O)CCNC(=O)OC(C)(C)C)CC2)cc1. The van der Waals surface area contributed by atoms with Crippen molar-refractivity contribution >= 4 is 24.0 Å². The lowest BCUT2D eigenvalue weighted by Gasteiger charge is -2.32. The van der Waals surface area contributed by atoms with Crippen molar-refractivity contribution in [3.05, 3.63) is 41.5 Å². The van der Waals surface area contributed by atoms with Gasteiger partial charge in [0.25, 0.3) is 0 Å². The van der Waals surface area contributed by atoms with Gasteiger partial charge in [0, 0.05) is 38.2 Å². The third kappa shape index (κ3) is 8.68. The number of nitrogens with zero attached hydrogens (tertiary/aromatic N) is 1. The first kappa shape index (κ1) is 23.4. The van der Waals surface area contributed by atoms with Crippen molar-refractivity contribution in [1.29, 1.82) is 0 Å². The Balaban J connectivity index is 1.66. The van der Waals surface area contributed by atoms with E-state index in [1.165, 1.54) is 5.56 Å². The Morgan fingerprint density at radius 3 is 2.37 bits per heavy atom. The van der Waals surface area contributed by atoms with Crippen molar-refractivity contribution in [3.8, 4) is 0 Å². The van der Waals surface area contributed by atoms with Gasteiger partial charge in [0.15, 0.2) is 0 Å². The predicted octanol–water partition coefficient (Wildman–Crippen LogP) is 3.03. The minimum absolute atomic E-state index is 0.00454. The van der Waals surface area contributed by atoms with Crippen LogP contribution in [0.5, 0.6) is 0 Å². The second-order valence-corrected chi connectivity index (χ2v) is 8.59. The van der Waals surface area contributed by atoms with Crippen LogP contribution in [0.2, 0.25) is 0 Å². The fraction of sp³-hybridized carbons (Fsp3) is 0.522. The van der Waals surface area contributed by atoms with E-state index in [1.807, 2.05) is 31.2 Å². The molecule has 1 aliphatic rings. The monoisotopic (exact) mass is 415 g/mol. The summed E-state index contributed by atoms with van der Waals surface area (Å²) in [4.78, 5) is 37.8. The molecule has 0 spiro atoms. The second-order valence-electron chi connectivity index (χ2n) is 8.59. The number of amides is 3. The maximum atomic E-state index is 12.3. The Hall–Kier alpha value is -2.83. The van der Waals surface area contributed by atoms with Crippen LogP contribution in [-0.4, -0.2) is 54.1 Å². The molecule has 0 unspecified atom stereocenters. The van der Waals surface area contributed by atoms with Crippen LogP contribution >= 0.6 is 0 Å². The lowest BCUT2D eigenvalue weighted by molar-refractivity contribution is -0.132. The summed E-state index contributed by atoms with van der Waals surface area (Å²) in [6.45, 7) is 8.83. The van der Waals surface area contributed by atoms with Crippen molar-refractivity contribution in [2.45, 2.75) is 58.6 Å². The molecule has 1 aromatic carbocycles. The highest BCUT2D eigenvalue weighted by atomic mass is 16.6. The molecular formula is C23H33N3O4. The molecule has 1 saturated heterocycles. The second kappa shape index (κ2) is 10.8. The molecule has 2 N–H and O–H groups in total. The molecule has 7 nitrogen and oxygen atoms in total. The van der Waals surface area contributed by atoms with E-state index in [1.54, 1.807) is 37.8 Å². The zero-order valence-electron chi connectivity index (χ0n) is 18.4. The number of carbonyl (C=O) groups is 3. The van der Waals surface area contributed by atoms with Crippen LogP contribution in [0.3, 0.4) is 0 Å². The number of likely N-dealkylation sites (tertiary alicyclic amines) is 1. The number of aryl methyl sites for hydroxylation is 1. The van der Waals surface area contributed by atoms with Gasteiger partial charge in [-0.3, -0.25) is 9.59 Å². The van der Waals surface area contributed by atoms with Crippen LogP contribution in [0.1, 0.15) is 51.2 Å². The van der Waals surface area contributed by atoms with E-state index in [-0.39, 0.29) is 30.8 Å². The first-order chi connectivity index (χ1) is 14.1. The summed E-state index contributed by atoms with van der Waals surface area (Å²) < 4.78 is 5.15. The number of hydrogen-bond acceptors (Lipinski definition) is 4. The number of rotatable bonds is 6. The molecule has 0 atom stereocenters. The van der Waals surface area contributed by atoms with Crippen molar-refractivity contribution in [1.82, 2.24) is 15.5 Å². The largest absolute Gasteiger partial charge is 0.444 e. The number of hydrogen-bond donors (Lipinski definition) is 2. The van der Waals surface area contributed by atoms with Gasteiger partial charge in [0.1, 0.15) is 5.60 Å². The fourth-order valence-electron chi connectivity index (χ4n) is 3.12. The molecule has 3 amide bonds. The van der Waals surface area contributed by atoms with Crippen LogP contribution in [-0.2, 0) is 14.3 Å². The van der Waals surface area contributed by atoms with Crippen molar-refractivity contribution in [2.75, 3.05) is 19.6 Å². The molecule has 30 heavy (non-hydrogen) atoms. The smallest absolute Gasteiger partial charge is 0.407 e. The van der Waals surface area contributed by atoms with Gasteiger partial charge in [-0.2, -0.15) is 0 Å². The van der Waals surface area contributed by atoms with Gasteiger partial charge in [-0.05, 0) is 52.2 Å². The average Bonchev–Trinajstić information content (AvgIpc) is 2.66. The summed E-state index contributed by atoms with van der Waals surface area (Å²) in [5.41, 5.74) is 1.60. The van der Waals surface area contributed by atoms with E-state index in [9.17, 15) is 14.4 Å². The van der Waals surface area contributed by atoms with E-state index < -0.39 is 11.7 Å². The molecule has 0 saturated carbocycles. The molecule has 1 heterocycles. The number of alkyl carbamates (subject to hydrolysis) is 1. The minimum Gasteiger partial charge on any atom is -0.444 e. The molecule has 0 aromatic heterocycles. The molecule has 0 bridgehead atoms. The van der Waals surface area contributed by atoms with Crippen LogP contribution in [0.4, 0.5) is 4.79 Å². The summed E-state index contributed by atoms with van der Waals surface area (Å²) in [7, 11) is 0. The van der Waals surface area contributed by atoms with Gasteiger partial charge in [0.05, 0.1) is 0 Å². The molecule has 0 aliphatic carbocycles. The Morgan fingerprint density at radius 2 is 1.77 bits per heavy atom. The van der Waals surface area contributed by atoms with Crippen molar-refractivity contribution in [3.63, 3.8) is 0 Å². The third-order valence-electron chi connectivity index (χ3n) is 4.71. The van der Waals surface area contributed by atoms with Gasteiger partial charge in [-0.25, -0.2) is 4.79 Å². The highest BCUT2D eigenvalue weighted by molar-refractivity contribution is 5.91. The first-order valence-electron chi connectivity index (χ1n) is 10.4. The number of benzene rings is 1. The molecule has 1 fully saturated rings. The number of piperidine rings is 1. The highest BCUT2D eigenvalue weighted by Crippen LogP contribution is 2.12. The molecule has 1 aromatic rings. The normalized spacial score (nSPS) is 15.1. The van der Waals surface area contributed by atoms with E-state index in [2.05, 4.69) is 10.6 Å². The van der Waals surface area contributed by atoms with Crippen LogP contribution in [0.25, 0.3) is 6.08 Å². The molecule has 7 heteroatoms. The Kier molecular flexibility index (Phi) is 8.45. The molecule has 0 radical (unpaired) electrons. The number of nitrogens with one attached hydrogen (secondary N) is 2. The van der Waals surface area contributed by atoms with E-state index >= 15 is 0 Å². The lowest BCUT2D eigenvalue weighted by Crippen LogP contribution is -2.46. The maximum Gasteiger partial charge on any atom is 0.407 e. The van der Waals surface area contributed by atoms with E-state index in [4.69, 9.17) is 4.74 Å². The van der Waals surface area contributed by atoms with Gasteiger partial charge in [0.2, 0.25) is 11.8 Å². The Labute approximate surface area is 178 Å². The fourth-order valence-corrected chi connectivity index (χ4v) is 3.12. The topological polar surface area (TPSA) is 87.7 Å². The molecular weight excluding hydrogens is 382 g/mol. The zero-order chi connectivity index (χ0) is 22.1. The first-order valence-corrected chi connectivity index (χ1v) is 10.4. The number of carbonyl (C=O) groups excluding carboxylic acids is 3. The molecule has 1 aliphatic heterocycles. The van der Waals surface area contributed by atoms with E-state index in [0.29, 0.717) is 13.1 Å². The Bertz CT molecular complexity index is 758. The summed E-state index contributed by atoms with van der Waals surface area (Å²) in [5.74, 6) is -0.128. The zero-order valence-corrected chi connectivity index (χ0v) is 18.4. The van der Waals surface area contributed by atoms with Crippen LogP contribution < -0.4 is 10.6 Å². The lowest BCUT2D eigenvalue weighted by atomic mass is 10.0. The summed E-state index contributed by atoms with van der Waals surface area (Å²) in [6.07, 6.45) is 4.49. The summed E-state index contributed by atoms with van der Waals surface area (Å²) in [6, 6.07) is 8.02. The van der Waals surface area contributed by atoms with Crippen molar-refractivity contribution in [2.24, 2.45) is 0 Å². The van der Waals surface area contributed by atoms with Crippen LogP contribution in [0, 0.1) is 6.92 Å². The summed E-state index contributed by atoms with van der Waals surface area (Å²) >= 11 is 0. The minimum atomic E-state index is -0.560. The van der Waals surface area contributed by atoms with Gasteiger partial charge in [-0.1, -0.05) is 29.8 Å². The molecule has 2 rings (SSSR count). The standard InChI is InChI=1S/C23H33N3O4/c1-17-5-7-18(8-6-17)9-10-20(27)25-19-12-15-26(16-13-19)21(28)11-14-24-22(29)30-23(2,3)4/h5-10,19H,11-16H2,1-4H3,(H,24,29)(H,25,27)/b10-9+. The number of ether oxygens (including phenoxy) is 1. The van der Waals surface area contributed by atoms with Gasteiger partial charge >= 0.3 is 6.09 Å².